The highest BCUT2D eigenvalue weighted by Gasteiger charge is 2.15. The summed E-state index contributed by atoms with van der Waals surface area (Å²) >= 11 is 5.88. The Morgan fingerprint density at radius 1 is 0.933 bits per heavy atom. The number of carbonyl (C=O) groups is 2. The third-order valence-corrected chi connectivity index (χ3v) is 5.44. The number of halogens is 1. The van der Waals surface area contributed by atoms with Gasteiger partial charge in [-0.15, -0.1) is 0 Å². The molecule has 3 aromatic rings. The van der Waals surface area contributed by atoms with Crippen molar-refractivity contribution < 1.29 is 9.59 Å². The zero-order chi connectivity index (χ0) is 21.1. The Kier molecular flexibility index (Phi) is 5.81. The minimum atomic E-state index is -0.499. The highest BCUT2D eigenvalue weighted by molar-refractivity contribution is 6.31. The predicted molar refractivity (Wildman–Crippen MR) is 115 cm³/mol. The third-order valence-electron chi connectivity index (χ3n) is 5.21. The van der Waals surface area contributed by atoms with Crippen LogP contribution in [0.2, 0.25) is 5.02 Å². The summed E-state index contributed by atoms with van der Waals surface area (Å²) in [5.74, 6) is -0.218. The van der Waals surface area contributed by atoms with Crippen LogP contribution in [0.4, 0.5) is 0 Å². The molecule has 1 aromatic heterocycles. The zero-order valence-electron chi connectivity index (χ0n) is 16.3. The van der Waals surface area contributed by atoms with Gasteiger partial charge in [-0.3, -0.25) is 29.8 Å². The van der Waals surface area contributed by atoms with Crippen LogP contribution < -0.4 is 16.4 Å². The predicted octanol–water partition coefficient (Wildman–Crippen LogP) is 3.24. The van der Waals surface area contributed by atoms with E-state index < -0.39 is 11.8 Å². The smallest absolute Gasteiger partial charge is 0.269 e. The largest absolute Gasteiger partial charge is 0.296 e. The van der Waals surface area contributed by atoms with Crippen LogP contribution in [-0.2, 0) is 13.0 Å². The molecule has 2 N–H and O–H groups in total. The molecule has 4 rings (SSSR count). The molecule has 0 saturated heterocycles. The summed E-state index contributed by atoms with van der Waals surface area (Å²) in [6, 6.07) is 11.2. The summed E-state index contributed by atoms with van der Waals surface area (Å²) in [4.78, 5) is 42.2. The Labute approximate surface area is 178 Å². The number of hydrogen-bond acceptors (Lipinski definition) is 4. The first-order chi connectivity index (χ1) is 14.5. The van der Waals surface area contributed by atoms with Crippen LogP contribution in [-0.4, -0.2) is 21.4 Å². The van der Waals surface area contributed by atoms with Gasteiger partial charge >= 0.3 is 0 Å². The van der Waals surface area contributed by atoms with E-state index in [1.807, 2.05) is 0 Å². The first-order valence-corrected chi connectivity index (χ1v) is 10.3. The van der Waals surface area contributed by atoms with Crippen molar-refractivity contribution in [3.63, 3.8) is 0 Å². The number of hydrogen-bond donors (Lipinski definition) is 2. The second-order valence-corrected chi connectivity index (χ2v) is 7.74. The van der Waals surface area contributed by atoms with E-state index in [9.17, 15) is 14.4 Å². The Hall–Kier alpha value is -3.19. The number of nitrogens with one attached hydrogen (secondary N) is 2. The molecule has 0 radical (unpaired) electrons. The molecule has 154 valence electrons. The topological polar surface area (TPSA) is 93.1 Å². The Morgan fingerprint density at radius 3 is 2.43 bits per heavy atom. The Bertz CT molecular complexity index is 1190. The van der Waals surface area contributed by atoms with E-state index in [0.717, 1.165) is 37.9 Å². The molecule has 0 unspecified atom stereocenters. The van der Waals surface area contributed by atoms with Crippen molar-refractivity contribution in [3.8, 4) is 0 Å². The number of hydrazine groups is 1. The lowest BCUT2D eigenvalue weighted by Crippen LogP contribution is -2.41. The first-order valence-electron chi connectivity index (χ1n) is 9.92. The molecule has 0 bridgehead atoms. The molecule has 0 atom stereocenters. The van der Waals surface area contributed by atoms with Gasteiger partial charge in [0, 0.05) is 29.1 Å². The molecule has 7 nitrogen and oxygen atoms in total. The average molecular weight is 425 g/mol. The molecular formula is C22H21ClN4O3. The van der Waals surface area contributed by atoms with Gasteiger partial charge in [-0.1, -0.05) is 30.5 Å². The van der Waals surface area contributed by atoms with Crippen molar-refractivity contribution in [2.75, 3.05) is 0 Å². The average Bonchev–Trinajstić information content (AvgIpc) is 2.73. The standard InChI is InChI=1S/C22H21ClN4O3/c23-16-7-5-6-14(12-16)20(28)25-26-21(29)15-9-10-17-18(13-15)24-19-8-3-1-2-4-11-27(19)22(17)30/h5-7,9-10,12-13H,1-4,8,11H2,(H,25,28)(H,26,29). The number of benzene rings is 2. The summed E-state index contributed by atoms with van der Waals surface area (Å²) < 4.78 is 1.76. The maximum absolute atomic E-state index is 12.9. The van der Waals surface area contributed by atoms with Crippen molar-refractivity contribution in [2.45, 2.75) is 38.6 Å². The molecule has 0 spiro atoms. The lowest BCUT2D eigenvalue weighted by atomic mass is 10.1. The highest BCUT2D eigenvalue weighted by Crippen LogP contribution is 2.16. The fraction of sp³-hybridized carbons (Fsp3) is 0.273. The normalized spacial score (nSPS) is 13.8. The van der Waals surface area contributed by atoms with E-state index in [-0.39, 0.29) is 5.56 Å². The van der Waals surface area contributed by atoms with Crippen LogP contribution in [0.15, 0.2) is 47.3 Å². The molecule has 0 fully saturated rings. The van der Waals surface area contributed by atoms with Crippen LogP contribution in [0, 0.1) is 0 Å². The summed E-state index contributed by atoms with van der Waals surface area (Å²) in [6.07, 6.45) is 4.95. The molecule has 0 aliphatic carbocycles. The van der Waals surface area contributed by atoms with Crippen LogP contribution in [0.1, 0.15) is 52.2 Å². The molecular weight excluding hydrogens is 404 g/mol. The monoisotopic (exact) mass is 424 g/mol. The number of rotatable bonds is 2. The van der Waals surface area contributed by atoms with Gasteiger partial charge < -0.3 is 0 Å². The Morgan fingerprint density at radius 2 is 1.67 bits per heavy atom. The van der Waals surface area contributed by atoms with Gasteiger partial charge in [0.25, 0.3) is 17.4 Å². The fourth-order valence-corrected chi connectivity index (χ4v) is 3.81. The molecule has 2 aromatic carbocycles. The molecule has 8 heteroatoms. The van der Waals surface area contributed by atoms with Gasteiger partial charge in [-0.2, -0.15) is 0 Å². The van der Waals surface area contributed by atoms with E-state index >= 15 is 0 Å². The summed E-state index contributed by atoms with van der Waals surface area (Å²) in [5, 5.41) is 0.912. The van der Waals surface area contributed by atoms with E-state index in [1.54, 1.807) is 41.0 Å². The lowest BCUT2D eigenvalue weighted by molar-refractivity contribution is 0.0847. The van der Waals surface area contributed by atoms with E-state index in [1.165, 1.54) is 6.07 Å². The number of nitrogens with zero attached hydrogens (tertiary/aromatic N) is 2. The molecule has 1 aliphatic heterocycles. The number of carbonyl (C=O) groups excluding carboxylic acids is 2. The molecule has 0 saturated carbocycles. The van der Waals surface area contributed by atoms with Crippen LogP contribution in [0.3, 0.4) is 0 Å². The van der Waals surface area contributed by atoms with Gasteiger partial charge in [0.05, 0.1) is 10.9 Å². The number of aromatic nitrogens is 2. The van der Waals surface area contributed by atoms with Crippen LogP contribution >= 0.6 is 11.6 Å². The van der Waals surface area contributed by atoms with Crippen molar-refractivity contribution in [1.82, 2.24) is 20.4 Å². The maximum Gasteiger partial charge on any atom is 0.269 e. The van der Waals surface area contributed by atoms with E-state index in [2.05, 4.69) is 15.8 Å². The van der Waals surface area contributed by atoms with E-state index in [4.69, 9.17) is 11.6 Å². The fourth-order valence-electron chi connectivity index (χ4n) is 3.62. The van der Waals surface area contributed by atoms with E-state index in [0.29, 0.717) is 33.6 Å². The summed E-state index contributed by atoms with van der Waals surface area (Å²) in [6.45, 7) is 0.675. The minimum absolute atomic E-state index is 0.0712. The van der Waals surface area contributed by atoms with Gasteiger partial charge in [0.2, 0.25) is 0 Å². The molecule has 30 heavy (non-hydrogen) atoms. The second-order valence-electron chi connectivity index (χ2n) is 7.30. The molecule has 1 aliphatic rings. The summed E-state index contributed by atoms with van der Waals surface area (Å²) in [5.41, 5.74) is 5.80. The van der Waals surface area contributed by atoms with Crippen molar-refractivity contribution in [1.29, 1.82) is 0 Å². The van der Waals surface area contributed by atoms with Crippen molar-refractivity contribution in [3.05, 3.63) is 74.8 Å². The van der Waals surface area contributed by atoms with Crippen LogP contribution in [0.25, 0.3) is 10.9 Å². The third kappa shape index (κ3) is 4.21. The van der Waals surface area contributed by atoms with Gasteiger partial charge in [-0.05, 0) is 49.2 Å². The lowest BCUT2D eigenvalue weighted by Gasteiger charge is -2.16. The molecule has 2 amide bonds. The highest BCUT2D eigenvalue weighted by atomic mass is 35.5. The maximum atomic E-state index is 12.9. The second kappa shape index (κ2) is 8.67. The van der Waals surface area contributed by atoms with Gasteiger partial charge in [0.15, 0.2) is 0 Å². The number of fused-ring (bicyclic) bond motifs is 2. The van der Waals surface area contributed by atoms with Gasteiger partial charge in [0.1, 0.15) is 5.82 Å². The van der Waals surface area contributed by atoms with Crippen LogP contribution in [0.5, 0.6) is 0 Å². The van der Waals surface area contributed by atoms with Crippen molar-refractivity contribution >= 4 is 34.3 Å². The number of aryl methyl sites for hydroxylation is 1. The molecule has 2 heterocycles. The first kappa shape index (κ1) is 20.1. The SMILES string of the molecule is O=C(NNC(=O)c1ccc2c(=O)n3c(nc2c1)CCCCCC3)c1cccc(Cl)c1. The van der Waals surface area contributed by atoms with Gasteiger partial charge in [-0.25, -0.2) is 4.98 Å². The zero-order valence-corrected chi connectivity index (χ0v) is 17.0. The minimum Gasteiger partial charge on any atom is -0.296 e. The van der Waals surface area contributed by atoms with Crippen molar-refractivity contribution in [2.24, 2.45) is 0 Å². The Balaban J connectivity index is 1.55. The number of amides is 2. The quantitative estimate of drug-likeness (QED) is 0.617. The summed E-state index contributed by atoms with van der Waals surface area (Å²) in [7, 11) is 0.